The Hall–Kier alpha value is -2.07. The molecule has 0 aliphatic carbocycles. The number of nitrogens with one attached hydrogen (secondary N) is 1. The van der Waals surface area contributed by atoms with E-state index in [0.29, 0.717) is 0 Å². The molecule has 0 spiro atoms. The van der Waals surface area contributed by atoms with Gasteiger partial charge in [-0.15, -0.1) is 0 Å². The van der Waals surface area contributed by atoms with E-state index >= 15 is 0 Å². The van der Waals surface area contributed by atoms with Crippen molar-refractivity contribution >= 4 is 11.6 Å². The normalized spacial score (nSPS) is 9.70. The molecular formula is C15H17ClN2O2. The van der Waals surface area contributed by atoms with Gasteiger partial charge in [0.2, 0.25) is 12.7 Å². The average molecular weight is 293 g/mol. The Morgan fingerprint density at radius 3 is 2.75 bits per heavy atom. The largest absolute Gasteiger partial charge is 1.00 e. The van der Waals surface area contributed by atoms with Crippen LogP contribution in [0, 0.1) is 13.8 Å². The average Bonchev–Trinajstić information content (AvgIpc) is 2.34. The molecule has 0 atom stereocenters. The number of pyridine rings is 1. The zero-order chi connectivity index (χ0) is 13.8. The summed E-state index contributed by atoms with van der Waals surface area (Å²) in [7, 11) is 0. The van der Waals surface area contributed by atoms with Crippen molar-refractivity contribution < 1.29 is 26.9 Å². The van der Waals surface area contributed by atoms with Gasteiger partial charge in [-0.2, -0.15) is 4.57 Å². The molecule has 1 aromatic heterocycles. The zero-order valence-electron chi connectivity index (χ0n) is 11.4. The van der Waals surface area contributed by atoms with E-state index in [9.17, 15) is 9.90 Å². The second-order valence-electron chi connectivity index (χ2n) is 4.60. The van der Waals surface area contributed by atoms with Crippen molar-refractivity contribution in [1.82, 2.24) is 0 Å². The molecule has 1 heterocycles. The van der Waals surface area contributed by atoms with Crippen LogP contribution < -0.4 is 22.3 Å². The molecule has 5 heteroatoms. The number of hydrogen-bond donors (Lipinski definition) is 2. The number of hydrogen-bond acceptors (Lipinski definition) is 2. The van der Waals surface area contributed by atoms with Crippen molar-refractivity contribution in [3.63, 3.8) is 0 Å². The van der Waals surface area contributed by atoms with Gasteiger partial charge < -0.3 is 22.8 Å². The third-order valence-electron chi connectivity index (χ3n) is 2.84. The predicted molar refractivity (Wildman–Crippen MR) is 72.8 cm³/mol. The Labute approximate surface area is 124 Å². The third kappa shape index (κ3) is 4.24. The topological polar surface area (TPSA) is 53.2 Å². The molecule has 20 heavy (non-hydrogen) atoms. The van der Waals surface area contributed by atoms with Crippen molar-refractivity contribution in [2.45, 2.75) is 20.4 Å². The third-order valence-corrected chi connectivity index (χ3v) is 2.84. The highest BCUT2D eigenvalue weighted by Crippen LogP contribution is 2.16. The molecule has 0 radical (unpaired) electrons. The Bertz CT molecular complexity index is 615. The van der Waals surface area contributed by atoms with Crippen molar-refractivity contribution in [3.05, 3.63) is 53.9 Å². The Morgan fingerprint density at radius 1 is 1.30 bits per heavy atom. The molecule has 1 aromatic carbocycles. The number of nitrogens with zero attached hydrogens (tertiary/aromatic N) is 1. The van der Waals surface area contributed by atoms with Gasteiger partial charge in [0.15, 0.2) is 11.9 Å². The van der Waals surface area contributed by atoms with E-state index in [0.717, 1.165) is 16.8 Å². The molecular weight excluding hydrogens is 276 g/mol. The number of carbonyl (C=O) groups is 1. The van der Waals surface area contributed by atoms with Gasteiger partial charge >= 0.3 is 0 Å². The maximum absolute atomic E-state index is 11.9. The van der Waals surface area contributed by atoms with Crippen LogP contribution in [0.5, 0.6) is 5.75 Å². The number of anilines is 1. The standard InChI is InChI=1S/C15H16N2O2.ClH/c1-11-5-6-12(2)14(8-11)16-15(19)10-17-7-3-4-13(18)9-17;/h3-9H,10H2,1-2H3,(H-,16,18,19);1H. The summed E-state index contributed by atoms with van der Waals surface area (Å²) in [5.74, 6) is 0.0198. The number of aromatic nitrogens is 1. The van der Waals surface area contributed by atoms with Gasteiger partial charge in [-0.3, -0.25) is 4.79 Å². The van der Waals surface area contributed by atoms with E-state index in [1.54, 1.807) is 22.9 Å². The molecule has 2 rings (SSSR count). The highest BCUT2D eigenvalue weighted by Gasteiger charge is 2.11. The van der Waals surface area contributed by atoms with Crippen molar-refractivity contribution in [2.75, 3.05) is 5.32 Å². The molecule has 4 nitrogen and oxygen atoms in total. The first-order valence-corrected chi connectivity index (χ1v) is 6.10. The van der Waals surface area contributed by atoms with Gasteiger partial charge in [-0.05, 0) is 37.1 Å². The Balaban J connectivity index is 0.00000200. The molecule has 0 bridgehead atoms. The summed E-state index contributed by atoms with van der Waals surface area (Å²) in [6.07, 6.45) is 3.26. The fraction of sp³-hybridized carbons (Fsp3) is 0.200. The molecule has 1 amide bonds. The molecule has 0 fully saturated rings. The summed E-state index contributed by atoms with van der Waals surface area (Å²) in [4.78, 5) is 11.9. The number of rotatable bonds is 3. The number of amides is 1. The van der Waals surface area contributed by atoms with Gasteiger partial charge in [0.1, 0.15) is 0 Å². The zero-order valence-corrected chi connectivity index (χ0v) is 12.2. The van der Waals surface area contributed by atoms with E-state index in [1.807, 2.05) is 32.0 Å². The number of halogens is 1. The van der Waals surface area contributed by atoms with Crippen LogP contribution in [-0.2, 0) is 11.3 Å². The molecule has 0 aliphatic rings. The van der Waals surface area contributed by atoms with Crippen LogP contribution in [0.15, 0.2) is 42.7 Å². The van der Waals surface area contributed by atoms with Gasteiger partial charge in [-0.1, -0.05) is 12.1 Å². The summed E-state index contributed by atoms with van der Waals surface area (Å²) in [5, 5.41) is 12.2. The molecule has 0 aliphatic heterocycles. The molecule has 0 saturated carbocycles. The molecule has 106 valence electrons. The number of carbonyl (C=O) groups excluding carboxylic acids is 1. The van der Waals surface area contributed by atoms with Crippen molar-refractivity contribution in [2.24, 2.45) is 0 Å². The van der Waals surface area contributed by atoms with Gasteiger partial charge in [0.05, 0.1) is 0 Å². The SMILES string of the molecule is Cc1ccc(C)c(NC(=O)C[n+]2cccc(O)c2)c1.[Cl-]. The van der Waals surface area contributed by atoms with E-state index in [4.69, 9.17) is 0 Å². The van der Waals surface area contributed by atoms with E-state index < -0.39 is 0 Å². The fourth-order valence-electron chi connectivity index (χ4n) is 1.83. The molecule has 0 saturated heterocycles. The van der Waals surface area contributed by atoms with E-state index in [2.05, 4.69) is 5.32 Å². The highest BCUT2D eigenvalue weighted by molar-refractivity contribution is 5.90. The summed E-state index contributed by atoms with van der Waals surface area (Å²) in [6, 6.07) is 9.20. The minimum Gasteiger partial charge on any atom is -1.00 e. The predicted octanol–water partition coefficient (Wildman–Crippen LogP) is -1.06. The second-order valence-corrected chi connectivity index (χ2v) is 4.60. The van der Waals surface area contributed by atoms with Gasteiger partial charge in [0.25, 0.3) is 5.91 Å². The monoisotopic (exact) mass is 292 g/mol. The van der Waals surface area contributed by atoms with Crippen LogP contribution in [0.4, 0.5) is 5.69 Å². The summed E-state index contributed by atoms with van der Waals surface area (Å²) in [6.45, 7) is 4.11. The lowest BCUT2D eigenvalue weighted by Crippen LogP contribution is -3.00. The Kier molecular flexibility index (Phi) is 5.53. The molecule has 2 aromatic rings. The van der Waals surface area contributed by atoms with Crippen LogP contribution in [0.1, 0.15) is 11.1 Å². The first-order valence-electron chi connectivity index (χ1n) is 6.10. The van der Waals surface area contributed by atoms with Gasteiger partial charge in [-0.25, -0.2) is 0 Å². The van der Waals surface area contributed by atoms with Crippen LogP contribution in [0.3, 0.4) is 0 Å². The second kappa shape index (κ2) is 6.91. The van der Waals surface area contributed by atoms with E-state index in [1.165, 1.54) is 6.20 Å². The first-order chi connectivity index (χ1) is 9.04. The van der Waals surface area contributed by atoms with Gasteiger partial charge in [0, 0.05) is 11.8 Å². The van der Waals surface area contributed by atoms with Crippen LogP contribution >= 0.6 is 0 Å². The summed E-state index contributed by atoms with van der Waals surface area (Å²) < 4.78 is 1.63. The summed E-state index contributed by atoms with van der Waals surface area (Å²) in [5.41, 5.74) is 2.96. The molecule has 0 unspecified atom stereocenters. The lowest BCUT2D eigenvalue weighted by Gasteiger charge is -2.07. The Morgan fingerprint density at radius 2 is 2.05 bits per heavy atom. The van der Waals surface area contributed by atoms with Crippen LogP contribution in [0.2, 0.25) is 0 Å². The number of aryl methyl sites for hydroxylation is 2. The van der Waals surface area contributed by atoms with E-state index in [-0.39, 0.29) is 30.6 Å². The van der Waals surface area contributed by atoms with Crippen molar-refractivity contribution in [1.29, 1.82) is 0 Å². The number of aromatic hydroxyl groups is 1. The molecule has 2 N–H and O–H groups in total. The minimum atomic E-state index is -0.121. The quantitative estimate of drug-likeness (QED) is 0.709. The maximum atomic E-state index is 11.9. The maximum Gasteiger partial charge on any atom is 0.290 e. The minimum absolute atomic E-state index is 0. The number of benzene rings is 1. The lowest BCUT2D eigenvalue weighted by molar-refractivity contribution is -0.684. The smallest absolute Gasteiger partial charge is 0.290 e. The highest BCUT2D eigenvalue weighted by atomic mass is 35.5. The van der Waals surface area contributed by atoms with Crippen LogP contribution in [0.25, 0.3) is 0 Å². The fourth-order valence-corrected chi connectivity index (χ4v) is 1.83. The first kappa shape index (κ1) is 16.0. The van der Waals surface area contributed by atoms with Crippen LogP contribution in [-0.4, -0.2) is 11.0 Å². The lowest BCUT2D eigenvalue weighted by atomic mass is 10.1. The summed E-state index contributed by atoms with van der Waals surface area (Å²) >= 11 is 0. The van der Waals surface area contributed by atoms with Crippen molar-refractivity contribution in [3.8, 4) is 5.75 Å².